The van der Waals surface area contributed by atoms with Crippen LogP contribution in [-0.2, 0) is 0 Å². The van der Waals surface area contributed by atoms with Gasteiger partial charge >= 0.3 is 0 Å². The fraction of sp³-hybridized carbons (Fsp3) is 0. The number of rotatable bonds is 4. The van der Waals surface area contributed by atoms with Crippen LogP contribution in [0, 0.1) is 0 Å². The van der Waals surface area contributed by atoms with Crippen LogP contribution in [0.15, 0.2) is 148 Å². The highest BCUT2D eigenvalue weighted by molar-refractivity contribution is 7.26. The molecule has 3 aromatic heterocycles. The van der Waals surface area contributed by atoms with E-state index in [1.54, 1.807) is 11.3 Å². The van der Waals surface area contributed by atoms with Crippen LogP contribution in [-0.4, -0.2) is 0 Å². The van der Waals surface area contributed by atoms with Crippen molar-refractivity contribution in [3.63, 3.8) is 0 Å². The maximum absolute atomic E-state index is 6.50. The molecule has 0 bridgehead atoms. The quantitative estimate of drug-likeness (QED) is 0.215. The summed E-state index contributed by atoms with van der Waals surface area (Å²) in [7, 11) is 0. The molecule has 9 rings (SSSR count). The molecule has 0 aliphatic rings. The monoisotopic (exact) mass is 557 g/mol. The van der Waals surface area contributed by atoms with Crippen LogP contribution in [0.4, 0.5) is 17.1 Å². The van der Waals surface area contributed by atoms with Crippen LogP contribution in [0.25, 0.3) is 64.4 Å². The van der Waals surface area contributed by atoms with Gasteiger partial charge in [-0.05, 0) is 77.9 Å². The molecule has 0 atom stereocenters. The predicted octanol–water partition coefficient (Wildman–Crippen LogP) is 11.8. The summed E-state index contributed by atoms with van der Waals surface area (Å²) in [5.41, 5.74) is 9.19. The Hall–Kier alpha value is -5.32. The molecule has 0 amide bonds. The molecule has 0 N–H and O–H groups in total. The van der Waals surface area contributed by atoms with Gasteiger partial charge in [0, 0.05) is 49.4 Å². The van der Waals surface area contributed by atoms with Crippen LogP contribution in [0.3, 0.4) is 0 Å². The summed E-state index contributed by atoms with van der Waals surface area (Å²) in [5.74, 6) is 0. The molecular formula is C38H23NO2S. The van der Waals surface area contributed by atoms with E-state index in [-0.39, 0.29) is 0 Å². The highest BCUT2D eigenvalue weighted by Crippen LogP contribution is 2.44. The van der Waals surface area contributed by atoms with Gasteiger partial charge in [-0.25, -0.2) is 0 Å². The molecule has 0 fully saturated rings. The molecule has 0 unspecified atom stereocenters. The third-order valence-electron chi connectivity index (χ3n) is 8.06. The van der Waals surface area contributed by atoms with Crippen molar-refractivity contribution in [3.05, 3.63) is 140 Å². The minimum absolute atomic E-state index is 0.897. The minimum atomic E-state index is 0.897. The number of fused-ring (bicyclic) bond motifs is 8. The second-order valence-corrected chi connectivity index (χ2v) is 11.6. The predicted molar refractivity (Wildman–Crippen MR) is 176 cm³/mol. The van der Waals surface area contributed by atoms with Crippen LogP contribution in [0.1, 0.15) is 0 Å². The van der Waals surface area contributed by atoms with Crippen LogP contribution in [0.5, 0.6) is 0 Å². The third-order valence-corrected chi connectivity index (χ3v) is 9.24. The molecule has 3 nitrogen and oxygen atoms in total. The molecule has 6 aromatic carbocycles. The number of hydrogen-bond acceptors (Lipinski definition) is 4. The number of anilines is 3. The Balaban J connectivity index is 1.19. The molecule has 0 saturated carbocycles. The van der Waals surface area contributed by atoms with E-state index in [9.17, 15) is 0 Å². The Morgan fingerprint density at radius 1 is 0.429 bits per heavy atom. The first-order valence-corrected chi connectivity index (χ1v) is 14.8. The second kappa shape index (κ2) is 9.10. The molecule has 0 spiro atoms. The molecule has 0 radical (unpaired) electrons. The first-order valence-electron chi connectivity index (χ1n) is 14.0. The van der Waals surface area contributed by atoms with E-state index in [1.165, 1.54) is 14.8 Å². The van der Waals surface area contributed by atoms with Crippen molar-refractivity contribution in [2.24, 2.45) is 0 Å². The Kier molecular flexibility index (Phi) is 5.07. The van der Waals surface area contributed by atoms with Crippen molar-refractivity contribution in [1.82, 2.24) is 0 Å². The van der Waals surface area contributed by atoms with E-state index in [0.717, 1.165) is 66.7 Å². The van der Waals surface area contributed by atoms with Gasteiger partial charge in [0.2, 0.25) is 0 Å². The van der Waals surface area contributed by atoms with E-state index < -0.39 is 0 Å². The fourth-order valence-electron chi connectivity index (χ4n) is 6.09. The zero-order valence-corrected chi connectivity index (χ0v) is 23.3. The average molecular weight is 558 g/mol. The minimum Gasteiger partial charge on any atom is -0.456 e. The summed E-state index contributed by atoms with van der Waals surface area (Å²) >= 11 is 1.79. The molecular weight excluding hydrogens is 534 g/mol. The van der Waals surface area contributed by atoms with Gasteiger partial charge in [0.25, 0.3) is 0 Å². The summed E-state index contributed by atoms with van der Waals surface area (Å²) in [6.07, 6.45) is 0. The van der Waals surface area contributed by atoms with E-state index >= 15 is 0 Å². The fourth-order valence-corrected chi connectivity index (χ4v) is 7.25. The summed E-state index contributed by atoms with van der Waals surface area (Å²) in [6, 6.07) is 48.9. The summed E-state index contributed by atoms with van der Waals surface area (Å²) in [5, 5.41) is 4.59. The molecule has 4 heteroatoms. The van der Waals surface area contributed by atoms with Gasteiger partial charge in [-0.15, -0.1) is 11.3 Å². The van der Waals surface area contributed by atoms with Gasteiger partial charge in [0.15, 0.2) is 5.58 Å². The second-order valence-electron chi connectivity index (χ2n) is 10.6. The zero-order chi connectivity index (χ0) is 27.6. The Labute approximate surface area is 245 Å². The van der Waals surface area contributed by atoms with Crippen molar-refractivity contribution >= 4 is 81.7 Å². The lowest BCUT2D eigenvalue weighted by Gasteiger charge is -2.26. The number of furan rings is 2. The van der Waals surface area contributed by atoms with Gasteiger partial charge in [0.05, 0.1) is 4.70 Å². The highest BCUT2D eigenvalue weighted by atomic mass is 32.1. The molecule has 0 aliphatic heterocycles. The molecule has 3 heterocycles. The first-order chi connectivity index (χ1) is 20.8. The lowest BCUT2D eigenvalue weighted by molar-refractivity contribution is 0.669. The van der Waals surface area contributed by atoms with Crippen molar-refractivity contribution in [1.29, 1.82) is 0 Å². The number of benzene rings is 6. The highest BCUT2D eigenvalue weighted by Gasteiger charge is 2.18. The molecule has 0 aliphatic carbocycles. The maximum atomic E-state index is 6.50. The Morgan fingerprint density at radius 3 is 2.10 bits per heavy atom. The largest absolute Gasteiger partial charge is 0.456 e. The number of thiophene rings is 1. The number of hydrogen-bond donors (Lipinski definition) is 0. The van der Waals surface area contributed by atoms with Gasteiger partial charge in [0.1, 0.15) is 16.7 Å². The van der Waals surface area contributed by atoms with Gasteiger partial charge < -0.3 is 13.7 Å². The van der Waals surface area contributed by atoms with Crippen molar-refractivity contribution in [2.75, 3.05) is 4.90 Å². The van der Waals surface area contributed by atoms with Gasteiger partial charge in [-0.1, -0.05) is 66.7 Å². The van der Waals surface area contributed by atoms with Gasteiger partial charge in [-0.2, -0.15) is 0 Å². The van der Waals surface area contributed by atoms with Crippen LogP contribution < -0.4 is 4.90 Å². The number of nitrogens with zero attached hydrogens (tertiary/aromatic N) is 1. The molecule has 0 saturated heterocycles. The Morgan fingerprint density at radius 2 is 1.17 bits per heavy atom. The Bertz CT molecular complexity index is 2430. The van der Waals surface area contributed by atoms with Gasteiger partial charge in [-0.3, -0.25) is 0 Å². The first kappa shape index (κ1) is 23.4. The zero-order valence-electron chi connectivity index (χ0n) is 22.5. The SMILES string of the molecule is c1ccc(N(c2cccc(-c3ccc4oc5ccccc5c4c3)c2)c2ccc3c(c2)oc2c4ccccc4sc32)cc1. The van der Waals surface area contributed by atoms with E-state index in [2.05, 4.69) is 132 Å². The van der Waals surface area contributed by atoms with Crippen molar-refractivity contribution in [2.45, 2.75) is 0 Å². The van der Waals surface area contributed by atoms with E-state index in [4.69, 9.17) is 8.83 Å². The molecule has 198 valence electrons. The van der Waals surface area contributed by atoms with Crippen LogP contribution >= 0.6 is 11.3 Å². The summed E-state index contributed by atoms with van der Waals surface area (Å²) in [4.78, 5) is 2.30. The number of para-hydroxylation sites is 2. The van der Waals surface area contributed by atoms with Crippen molar-refractivity contribution in [3.8, 4) is 11.1 Å². The van der Waals surface area contributed by atoms with E-state index in [1.807, 2.05) is 12.1 Å². The molecule has 9 aromatic rings. The third kappa shape index (κ3) is 3.59. The summed E-state index contributed by atoms with van der Waals surface area (Å²) in [6.45, 7) is 0. The average Bonchev–Trinajstić information content (AvgIpc) is 3.71. The topological polar surface area (TPSA) is 29.5 Å². The van der Waals surface area contributed by atoms with Crippen LogP contribution in [0.2, 0.25) is 0 Å². The van der Waals surface area contributed by atoms with E-state index in [0.29, 0.717) is 0 Å². The van der Waals surface area contributed by atoms with Crippen molar-refractivity contribution < 1.29 is 8.83 Å². The molecule has 42 heavy (non-hydrogen) atoms. The lowest BCUT2D eigenvalue weighted by atomic mass is 10.0. The normalized spacial score (nSPS) is 11.8. The standard InChI is InChI=1S/C38H23NO2S/c1-2-10-26(11-3-1)39(28-18-19-30-35(23-28)41-37-31-14-5-7-16-36(31)42-38(30)37)27-12-8-9-24(21-27)25-17-20-34-32(22-25)29-13-4-6-15-33(29)40-34/h1-23H. The lowest BCUT2D eigenvalue weighted by Crippen LogP contribution is -2.09. The smallest absolute Gasteiger partial charge is 0.154 e. The summed E-state index contributed by atoms with van der Waals surface area (Å²) < 4.78 is 15.0. The maximum Gasteiger partial charge on any atom is 0.154 e.